The molecule has 1 aromatic carbocycles. The number of hydrogen-bond acceptors (Lipinski definition) is 3. The van der Waals surface area contributed by atoms with E-state index in [9.17, 15) is 9.59 Å². The molecule has 1 N–H and O–H groups in total. The Hall–Kier alpha value is -2.47. The number of nitrogens with one attached hydrogen (secondary N) is 1. The third-order valence-corrected chi connectivity index (χ3v) is 4.36. The van der Waals surface area contributed by atoms with Crippen LogP contribution in [0, 0.1) is 5.92 Å². The molecule has 0 unspecified atom stereocenters. The molecule has 0 aliphatic carbocycles. The summed E-state index contributed by atoms with van der Waals surface area (Å²) in [6, 6.07) is 7.98. The van der Waals surface area contributed by atoms with Crippen LogP contribution in [0.2, 0.25) is 0 Å². The van der Waals surface area contributed by atoms with Crippen molar-refractivity contribution in [3.63, 3.8) is 0 Å². The highest BCUT2D eigenvalue weighted by Gasteiger charge is 2.31. The Kier molecular flexibility index (Phi) is 4.24. The molecule has 6 heteroatoms. The number of carbonyl (C=O) groups is 2. The number of likely N-dealkylation sites (N-methyl/N-ethyl adjacent to an activating group) is 1. The van der Waals surface area contributed by atoms with Gasteiger partial charge in [-0.2, -0.15) is 0 Å². The van der Waals surface area contributed by atoms with E-state index in [1.807, 2.05) is 30.5 Å². The summed E-state index contributed by atoms with van der Waals surface area (Å²) in [6.07, 6.45) is 3.64. The average molecular weight is 341 g/mol. The van der Waals surface area contributed by atoms with Crippen molar-refractivity contribution in [3.05, 3.63) is 41.6 Å². The Bertz CT molecular complexity index is 880. The van der Waals surface area contributed by atoms with Crippen LogP contribution < -0.4 is 5.32 Å². The van der Waals surface area contributed by atoms with Crippen LogP contribution in [0.4, 0.5) is 0 Å². The fraction of sp³-hybridized carbons (Fsp3) is 0.278. The van der Waals surface area contributed by atoms with Crippen molar-refractivity contribution < 1.29 is 9.59 Å². The van der Waals surface area contributed by atoms with Gasteiger partial charge in [-0.1, -0.05) is 32.0 Å². The molecule has 1 saturated heterocycles. The molecule has 1 aromatic heterocycles. The monoisotopic (exact) mass is 341 g/mol. The van der Waals surface area contributed by atoms with E-state index in [2.05, 4.69) is 23.7 Å². The van der Waals surface area contributed by atoms with E-state index in [-0.39, 0.29) is 16.6 Å². The van der Waals surface area contributed by atoms with Crippen molar-refractivity contribution in [1.82, 2.24) is 14.8 Å². The van der Waals surface area contributed by atoms with E-state index in [4.69, 9.17) is 12.2 Å². The summed E-state index contributed by atoms with van der Waals surface area (Å²) in [4.78, 5) is 25.8. The molecular formula is C18H19N3O2S. The second-order valence-corrected chi connectivity index (χ2v) is 6.72. The quantitative estimate of drug-likeness (QED) is 0.530. The van der Waals surface area contributed by atoms with E-state index < -0.39 is 5.91 Å². The molecule has 0 spiro atoms. The lowest BCUT2D eigenvalue weighted by atomic mass is 10.1. The Balaban J connectivity index is 2.11. The minimum atomic E-state index is -0.455. The van der Waals surface area contributed by atoms with Crippen molar-refractivity contribution in [2.45, 2.75) is 20.4 Å². The van der Waals surface area contributed by atoms with Crippen molar-refractivity contribution >= 4 is 46.1 Å². The van der Waals surface area contributed by atoms with E-state index in [0.29, 0.717) is 5.92 Å². The van der Waals surface area contributed by atoms with Crippen molar-refractivity contribution in [2.24, 2.45) is 5.92 Å². The third-order valence-electron chi connectivity index (χ3n) is 3.99. The maximum absolute atomic E-state index is 12.4. The van der Waals surface area contributed by atoms with Crippen LogP contribution in [0.3, 0.4) is 0 Å². The first kappa shape index (κ1) is 16.4. The fourth-order valence-corrected chi connectivity index (χ4v) is 3.01. The number of rotatable bonds is 3. The van der Waals surface area contributed by atoms with Gasteiger partial charge in [0.05, 0.1) is 0 Å². The molecule has 2 heterocycles. The lowest BCUT2D eigenvalue weighted by molar-refractivity contribution is -0.128. The molecule has 1 aliphatic heterocycles. The maximum Gasteiger partial charge on any atom is 0.265 e. The van der Waals surface area contributed by atoms with Gasteiger partial charge in [-0.3, -0.25) is 19.8 Å². The van der Waals surface area contributed by atoms with E-state index in [1.165, 1.54) is 4.90 Å². The highest BCUT2D eigenvalue weighted by molar-refractivity contribution is 7.80. The van der Waals surface area contributed by atoms with Gasteiger partial charge in [0.1, 0.15) is 5.57 Å². The molecule has 3 rings (SSSR count). The minimum absolute atomic E-state index is 0.0959. The number of nitrogens with zero attached hydrogens (tertiary/aromatic N) is 2. The number of fused-ring (bicyclic) bond motifs is 1. The first-order valence-electron chi connectivity index (χ1n) is 7.81. The molecule has 24 heavy (non-hydrogen) atoms. The Morgan fingerprint density at radius 2 is 1.96 bits per heavy atom. The Morgan fingerprint density at radius 3 is 2.67 bits per heavy atom. The average Bonchev–Trinajstić information content (AvgIpc) is 2.87. The van der Waals surface area contributed by atoms with Crippen molar-refractivity contribution in [3.8, 4) is 0 Å². The summed E-state index contributed by atoms with van der Waals surface area (Å²) in [5, 5.41) is 3.68. The number of hydrogen-bond donors (Lipinski definition) is 1. The SMILES string of the molecule is CC(C)Cn1cc(/C=C2/C(=O)NC(=S)N(C)C2=O)c2ccccc21. The second kappa shape index (κ2) is 6.20. The van der Waals surface area contributed by atoms with Gasteiger partial charge in [-0.15, -0.1) is 0 Å². The van der Waals surface area contributed by atoms with Crippen LogP contribution in [0.15, 0.2) is 36.0 Å². The zero-order valence-electron chi connectivity index (χ0n) is 13.9. The highest BCUT2D eigenvalue weighted by Crippen LogP contribution is 2.25. The summed E-state index contributed by atoms with van der Waals surface area (Å²) >= 11 is 4.97. The molecule has 0 atom stereocenters. The van der Waals surface area contributed by atoms with Crippen LogP contribution >= 0.6 is 12.2 Å². The van der Waals surface area contributed by atoms with E-state index >= 15 is 0 Å². The fourth-order valence-electron chi connectivity index (χ4n) is 2.84. The zero-order chi connectivity index (χ0) is 17.4. The number of para-hydroxylation sites is 1. The first-order chi connectivity index (χ1) is 11.4. The summed E-state index contributed by atoms with van der Waals surface area (Å²) in [7, 11) is 1.56. The minimum Gasteiger partial charge on any atom is -0.347 e. The van der Waals surface area contributed by atoms with Crippen LogP contribution in [0.25, 0.3) is 17.0 Å². The number of carbonyl (C=O) groups excluding carboxylic acids is 2. The zero-order valence-corrected chi connectivity index (χ0v) is 14.7. The van der Waals surface area contributed by atoms with Crippen molar-refractivity contribution in [2.75, 3.05) is 7.05 Å². The van der Waals surface area contributed by atoms with Gasteiger partial charge in [0.25, 0.3) is 11.8 Å². The summed E-state index contributed by atoms with van der Waals surface area (Å²) < 4.78 is 2.16. The molecule has 5 nitrogen and oxygen atoms in total. The number of amides is 2. The molecule has 1 aliphatic rings. The molecule has 0 bridgehead atoms. The molecular weight excluding hydrogens is 322 g/mol. The molecule has 124 valence electrons. The Morgan fingerprint density at radius 1 is 1.25 bits per heavy atom. The molecule has 1 fully saturated rings. The van der Waals surface area contributed by atoms with Gasteiger partial charge >= 0.3 is 0 Å². The van der Waals surface area contributed by atoms with Gasteiger partial charge in [0.2, 0.25) is 0 Å². The van der Waals surface area contributed by atoms with Gasteiger partial charge in [0, 0.05) is 36.3 Å². The molecule has 0 radical (unpaired) electrons. The van der Waals surface area contributed by atoms with Crippen LogP contribution in [-0.2, 0) is 16.1 Å². The molecule has 0 saturated carbocycles. The standard InChI is InChI=1S/C18H19N3O2S/c1-11(2)9-21-10-12(13-6-4-5-7-15(13)21)8-14-16(22)19-18(24)20(3)17(14)23/h4-8,10-11H,9H2,1-3H3,(H,19,22,24)/b14-8-. The maximum atomic E-state index is 12.4. The second-order valence-electron chi connectivity index (χ2n) is 6.33. The van der Waals surface area contributed by atoms with Gasteiger partial charge in [0.15, 0.2) is 5.11 Å². The predicted octanol–water partition coefficient (Wildman–Crippen LogP) is 2.55. The number of thiocarbonyl (C=S) groups is 1. The summed E-state index contributed by atoms with van der Waals surface area (Å²) in [5.41, 5.74) is 2.04. The topological polar surface area (TPSA) is 54.3 Å². The van der Waals surface area contributed by atoms with Gasteiger partial charge < -0.3 is 4.57 Å². The molecule has 2 amide bonds. The van der Waals surface area contributed by atoms with Crippen LogP contribution in [0.1, 0.15) is 19.4 Å². The number of benzene rings is 1. The van der Waals surface area contributed by atoms with Crippen LogP contribution in [-0.4, -0.2) is 33.4 Å². The van der Waals surface area contributed by atoms with Gasteiger partial charge in [-0.25, -0.2) is 0 Å². The Labute approximate surface area is 145 Å². The normalized spacial score (nSPS) is 17.2. The smallest absolute Gasteiger partial charge is 0.265 e. The highest BCUT2D eigenvalue weighted by atomic mass is 32.1. The summed E-state index contributed by atoms with van der Waals surface area (Å²) in [6.45, 7) is 5.18. The van der Waals surface area contributed by atoms with E-state index in [0.717, 1.165) is 23.0 Å². The molecule has 2 aromatic rings. The lowest BCUT2D eigenvalue weighted by Crippen LogP contribution is -2.52. The third kappa shape index (κ3) is 2.85. The van der Waals surface area contributed by atoms with E-state index in [1.54, 1.807) is 13.1 Å². The first-order valence-corrected chi connectivity index (χ1v) is 8.22. The lowest BCUT2D eigenvalue weighted by Gasteiger charge is -2.24. The van der Waals surface area contributed by atoms with Crippen molar-refractivity contribution in [1.29, 1.82) is 0 Å². The summed E-state index contributed by atoms with van der Waals surface area (Å²) in [5.74, 6) is -0.349. The van der Waals surface area contributed by atoms with Crippen LogP contribution in [0.5, 0.6) is 0 Å². The largest absolute Gasteiger partial charge is 0.347 e. The van der Waals surface area contributed by atoms with Gasteiger partial charge in [-0.05, 0) is 30.3 Å². The predicted molar refractivity (Wildman–Crippen MR) is 98.3 cm³/mol. The number of aromatic nitrogens is 1.